The van der Waals surface area contributed by atoms with Crippen LogP contribution in [0.3, 0.4) is 0 Å². The first-order chi connectivity index (χ1) is 13.8. The van der Waals surface area contributed by atoms with Gasteiger partial charge in [-0.1, -0.05) is 24.6 Å². The van der Waals surface area contributed by atoms with Crippen molar-refractivity contribution in [3.8, 4) is 0 Å². The van der Waals surface area contributed by atoms with E-state index in [0.717, 1.165) is 51.3 Å². The Morgan fingerprint density at radius 2 is 1.90 bits per heavy atom. The first kappa shape index (κ1) is 21.5. The highest BCUT2D eigenvalue weighted by molar-refractivity contribution is 5.85. The van der Waals surface area contributed by atoms with Gasteiger partial charge in [-0.3, -0.25) is 4.79 Å². The van der Waals surface area contributed by atoms with Crippen LogP contribution in [0.15, 0.2) is 29.3 Å². The van der Waals surface area contributed by atoms with Crippen LogP contribution in [0.5, 0.6) is 0 Å². The number of alkyl halides is 3. The second-order valence-electron chi connectivity index (χ2n) is 7.85. The molecule has 0 bridgehead atoms. The number of carbonyl (C=O) groups is 1. The highest BCUT2D eigenvalue weighted by Crippen LogP contribution is 2.44. The number of hydrogen-bond donors (Lipinski definition) is 2. The van der Waals surface area contributed by atoms with Crippen LogP contribution in [-0.4, -0.2) is 49.5 Å². The van der Waals surface area contributed by atoms with E-state index in [9.17, 15) is 18.0 Å². The van der Waals surface area contributed by atoms with Crippen LogP contribution in [0.25, 0.3) is 0 Å². The minimum Gasteiger partial charge on any atom is -0.357 e. The molecule has 160 valence electrons. The summed E-state index contributed by atoms with van der Waals surface area (Å²) in [6.45, 7) is 4.71. The largest absolute Gasteiger partial charge is 0.416 e. The third-order valence-electron chi connectivity index (χ3n) is 5.88. The third-order valence-corrected chi connectivity index (χ3v) is 5.88. The monoisotopic (exact) mass is 410 g/mol. The lowest BCUT2D eigenvalue weighted by Gasteiger charge is -2.43. The van der Waals surface area contributed by atoms with E-state index in [-0.39, 0.29) is 17.9 Å². The Balaban J connectivity index is 1.67. The zero-order chi connectivity index (χ0) is 20.9. The Labute approximate surface area is 169 Å². The number of nitrogens with one attached hydrogen (secondary N) is 2. The molecule has 1 saturated carbocycles. The maximum absolute atomic E-state index is 13.1. The van der Waals surface area contributed by atoms with E-state index in [1.54, 1.807) is 6.07 Å². The zero-order valence-corrected chi connectivity index (χ0v) is 16.8. The summed E-state index contributed by atoms with van der Waals surface area (Å²) in [5.74, 6) is 0.536. The molecule has 0 radical (unpaired) electrons. The van der Waals surface area contributed by atoms with Crippen LogP contribution in [0.1, 0.15) is 50.2 Å². The molecule has 8 heteroatoms. The first-order valence-corrected chi connectivity index (χ1v) is 10.3. The molecule has 1 amide bonds. The number of aliphatic imine (C=N–C) groups is 1. The molecular formula is C21H29F3N4O. The minimum atomic E-state index is -4.35. The van der Waals surface area contributed by atoms with Gasteiger partial charge >= 0.3 is 6.18 Å². The fourth-order valence-corrected chi connectivity index (χ4v) is 4.00. The maximum atomic E-state index is 13.1. The van der Waals surface area contributed by atoms with Crippen molar-refractivity contribution in [1.82, 2.24) is 15.5 Å². The molecular weight excluding hydrogens is 381 g/mol. The molecule has 2 aliphatic rings. The normalized spacial score (nSPS) is 19.0. The standard InChI is InChI=1S/C21H29F3N4O/c1-2-25-19(26-14-18(29)28-11-3-4-12-28)27-15-20(9-6-10-20)16-7-5-8-17(13-16)21(22,23)24/h5,7-8,13H,2-4,6,9-12,14-15H2,1H3,(H2,25,26,27). The summed E-state index contributed by atoms with van der Waals surface area (Å²) in [4.78, 5) is 18.4. The SMILES string of the molecule is CCNC(=NCC(=O)N1CCCC1)NCC1(c2cccc(C(F)(F)F)c2)CCC1. The summed E-state index contributed by atoms with van der Waals surface area (Å²) in [5, 5.41) is 6.38. The summed E-state index contributed by atoms with van der Waals surface area (Å²) in [6.07, 6.45) is 0.362. The highest BCUT2D eigenvalue weighted by Gasteiger charge is 2.40. The van der Waals surface area contributed by atoms with Crippen LogP contribution >= 0.6 is 0 Å². The van der Waals surface area contributed by atoms with Gasteiger partial charge in [0, 0.05) is 31.6 Å². The average Bonchev–Trinajstić information content (AvgIpc) is 3.19. The molecule has 0 unspecified atom stereocenters. The number of benzene rings is 1. The molecule has 2 N–H and O–H groups in total. The summed E-state index contributed by atoms with van der Waals surface area (Å²) in [5.41, 5.74) is -0.246. The minimum absolute atomic E-state index is 0.0101. The van der Waals surface area contributed by atoms with E-state index in [0.29, 0.717) is 24.6 Å². The summed E-state index contributed by atoms with van der Waals surface area (Å²) in [7, 11) is 0. The fourth-order valence-electron chi connectivity index (χ4n) is 4.00. The van der Waals surface area contributed by atoms with Gasteiger partial charge in [0.2, 0.25) is 5.91 Å². The smallest absolute Gasteiger partial charge is 0.357 e. The van der Waals surface area contributed by atoms with Gasteiger partial charge in [-0.25, -0.2) is 4.99 Å². The molecule has 3 rings (SSSR count). The Hall–Kier alpha value is -2.25. The molecule has 29 heavy (non-hydrogen) atoms. The molecule has 5 nitrogen and oxygen atoms in total. The van der Waals surface area contributed by atoms with E-state index < -0.39 is 11.7 Å². The molecule has 1 heterocycles. The lowest BCUT2D eigenvalue weighted by Crippen LogP contribution is -2.49. The van der Waals surface area contributed by atoms with Crippen LogP contribution in [0.4, 0.5) is 13.2 Å². The lowest BCUT2D eigenvalue weighted by atomic mass is 9.64. The number of likely N-dealkylation sites (tertiary alicyclic amines) is 1. The van der Waals surface area contributed by atoms with Crippen molar-refractivity contribution >= 4 is 11.9 Å². The van der Waals surface area contributed by atoms with Gasteiger partial charge in [-0.2, -0.15) is 13.2 Å². The predicted octanol–water partition coefficient (Wildman–Crippen LogP) is 3.30. The molecule has 0 atom stereocenters. The molecule has 0 spiro atoms. The van der Waals surface area contributed by atoms with Gasteiger partial charge in [0.05, 0.1) is 5.56 Å². The highest BCUT2D eigenvalue weighted by atomic mass is 19.4. The Morgan fingerprint density at radius 1 is 1.17 bits per heavy atom. The number of hydrogen-bond acceptors (Lipinski definition) is 2. The van der Waals surface area contributed by atoms with Crippen molar-refractivity contribution in [1.29, 1.82) is 0 Å². The van der Waals surface area contributed by atoms with Crippen LogP contribution < -0.4 is 10.6 Å². The maximum Gasteiger partial charge on any atom is 0.416 e. The van der Waals surface area contributed by atoms with Gasteiger partial charge in [0.1, 0.15) is 6.54 Å². The Bertz CT molecular complexity index is 738. The van der Waals surface area contributed by atoms with E-state index in [1.165, 1.54) is 12.1 Å². The second-order valence-corrected chi connectivity index (χ2v) is 7.85. The Morgan fingerprint density at radius 3 is 2.48 bits per heavy atom. The van der Waals surface area contributed by atoms with Crippen molar-refractivity contribution in [2.45, 2.75) is 50.6 Å². The van der Waals surface area contributed by atoms with Crippen LogP contribution in [0.2, 0.25) is 0 Å². The summed E-state index contributed by atoms with van der Waals surface area (Å²) >= 11 is 0. The molecule has 1 saturated heterocycles. The van der Waals surface area contributed by atoms with Gasteiger partial charge in [-0.05, 0) is 44.2 Å². The number of nitrogens with zero attached hydrogens (tertiary/aromatic N) is 2. The summed E-state index contributed by atoms with van der Waals surface area (Å²) in [6, 6.07) is 5.63. The molecule has 1 aromatic carbocycles. The van der Waals surface area contributed by atoms with Gasteiger partial charge in [0.25, 0.3) is 0 Å². The van der Waals surface area contributed by atoms with Crippen molar-refractivity contribution in [2.24, 2.45) is 4.99 Å². The molecule has 0 aromatic heterocycles. The predicted molar refractivity (Wildman–Crippen MR) is 107 cm³/mol. The van der Waals surface area contributed by atoms with Crippen molar-refractivity contribution in [2.75, 3.05) is 32.7 Å². The topological polar surface area (TPSA) is 56.7 Å². The lowest BCUT2D eigenvalue weighted by molar-refractivity contribution is -0.137. The van der Waals surface area contributed by atoms with Crippen LogP contribution in [0, 0.1) is 0 Å². The molecule has 1 aromatic rings. The first-order valence-electron chi connectivity index (χ1n) is 10.3. The quantitative estimate of drug-likeness (QED) is 0.559. The number of carbonyl (C=O) groups excluding carboxylic acids is 1. The van der Waals surface area contributed by atoms with E-state index >= 15 is 0 Å². The van der Waals surface area contributed by atoms with E-state index in [1.807, 2.05) is 11.8 Å². The number of guanidine groups is 1. The Kier molecular flexibility index (Phi) is 6.70. The number of halogens is 3. The third kappa shape index (κ3) is 5.22. The van der Waals surface area contributed by atoms with Crippen LogP contribution in [-0.2, 0) is 16.4 Å². The van der Waals surface area contributed by atoms with Crippen molar-refractivity contribution < 1.29 is 18.0 Å². The molecule has 1 aliphatic carbocycles. The van der Waals surface area contributed by atoms with E-state index in [4.69, 9.17) is 0 Å². The second kappa shape index (κ2) is 9.05. The van der Waals surface area contributed by atoms with Crippen molar-refractivity contribution in [3.63, 3.8) is 0 Å². The van der Waals surface area contributed by atoms with Crippen molar-refractivity contribution in [3.05, 3.63) is 35.4 Å². The number of rotatable bonds is 6. The zero-order valence-electron chi connectivity index (χ0n) is 16.8. The van der Waals surface area contributed by atoms with Gasteiger partial charge in [-0.15, -0.1) is 0 Å². The summed E-state index contributed by atoms with van der Waals surface area (Å²) < 4.78 is 39.3. The van der Waals surface area contributed by atoms with Gasteiger partial charge in [0.15, 0.2) is 5.96 Å². The average molecular weight is 410 g/mol. The van der Waals surface area contributed by atoms with Gasteiger partial charge < -0.3 is 15.5 Å². The molecule has 1 aliphatic heterocycles. The fraction of sp³-hybridized carbons (Fsp3) is 0.619. The number of amides is 1. The van der Waals surface area contributed by atoms with E-state index in [2.05, 4.69) is 15.6 Å². The molecule has 2 fully saturated rings.